The third-order valence-corrected chi connectivity index (χ3v) is 7.30. The first-order valence-electron chi connectivity index (χ1n) is 10.00. The van der Waals surface area contributed by atoms with Gasteiger partial charge in [-0.1, -0.05) is 24.6 Å². The van der Waals surface area contributed by atoms with E-state index in [2.05, 4.69) is 28.5 Å². The molecule has 9 heteroatoms. The van der Waals surface area contributed by atoms with Crippen LogP contribution in [0.5, 0.6) is 0 Å². The lowest BCUT2D eigenvalue weighted by Gasteiger charge is -2.35. The highest BCUT2D eigenvalue weighted by Gasteiger charge is 2.42. The number of nitrogens with one attached hydrogen (secondary N) is 1. The number of anilines is 2. The van der Waals surface area contributed by atoms with Gasteiger partial charge in [0.05, 0.1) is 5.69 Å². The fraction of sp³-hybridized carbons (Fsp3) is 0.476. The predicted octanol–water partition coefficient (Wildman–Crippen LogP) is 5.58. The summed E-state index contributed by atoms with van der Waals surface area (Å²) in [4.78, 5) is 7.80. The molecule has 2 unspecified atom stereocenters. The zero-order valence-electron chi connectivity index (χ0n) is 16.9. The van der Waals surface area contributed by atoms with Crippen LogP contribution in [0.15, 0.2) is 29.2 Å². The van der Waals surface area contributed by atoms with Gasteiger partial charge in [0.2, 0.25) is 5.95 Å². The van der Waals surface area contributed by atoms with Crippen molar-refractivity contribution in [2.24, 2.45) is 5.92 Å². The van der Waals surface area contributed by atoms with E-state index in [0.717, 1.165) is 19.5 Å². The number of nitrogens with zero attached hydrogens (tertiary/aromatic N) is 3. The van der Waals surface area contributed by atoms with E-state index in [-0.39, 0.29) is 21.3 Å². The summed E-state index contributed by atoms with van der Waals surface area (Å²) < 4.78 is 45.6. The second-order valence-electron chi connectivity index (χ2n) is 8.39. The Morgan fingerprint density at radius 2 is 2.07 bits per heavy atom. The molecule has 4 rings (SSSR count). The van der Waals surface area contributed by atoms with Gasteiger partial charge in [0, 0.05) is 31.2 Å². The Hall–Kier alpha value is -1.64. The first kappa shape index (κ1) is 21.6. The maximum Gasteiger partial charge on any atom is 0.214 e. The van der Waals surface area contributed by atoms with Crippen molar-refractivity contribution in [1.29, 1.82) is 0 Å². The van der Waals surface area contributed by atoms with Gasteiger partial charge < -0.3 is 9.62 Å². The molecule has 0 aliphatic carbocycles. The first-order valence-corrected chi connectivity index (χ1v) is 11.2. The monoisotopic (exact) mass is 456 g/mol. The zero-order valence-corrected chi connectivity index (χ0v) is 18.5. The van der Waals surface area contributed by atoms with Crippen LogP contribution < -0.4 is 9.62 Å². The number of hydrogen-bond acceptors (Lipinski definition) is 5. The minimum absolute atomic E-state index is 0.0287. The van der Waals surface area contributed by atoms with Crippen LogP contribution in [0.3, 0.4) is 0 Å². The number of hydrogen-bond donors (Lipinski definition) is 1. The summed E-state index contributed by atoms with van der Waals surface area (Å²) in [6, 6.07) is 5.44. The van der Waals surface area contributed by atoms with Crippen LogP contribution in [0.2, 0.25) is 5.02 Å². The lowest BCUT2D eigenvalue weighted by molar-refractivity contribution is 0.152. The van der Waals surface area contributed by atoms with Crippen molar-refractivity contribution in [3.63, 3.8) is 0 Å². The Morgan fingerprint density at radius 3 is 2.77 bits per heavy atom. The van der Waals surface area contributed by atoms with Crippen molar-refractivity contribution in [2.45, 2.75) is 37.1 Å². The van der Waals surface area contributed by atoms with Crippen molar-refractivity contribution < 1.29 is 13.2 Å². The predicted molar refractivity (Wildman–Crippen MR) is 116 cm³/mol. The highest BCUT2D eigenvalue weighted by molar-refractivity contribution is 8.00. The van der Waals surface area contributed by atoms with Gasteiger partial charge in [0.15, 0.2) is 5.82 Å². The highest BCUT2D eigenvalue weighted by atomic mass is 35.5. The molecule has 2 aliphatic rings. The zero-order chi connectivity index (χ0) is 21.5. The van der Waals surface area contributed by atoms with E-state index in [9.17, 15) is 13.2 Å². The summed E-state index contributed by atoms with van der Waals surface area (Å²) in [6.45, 7) is 7.94. The molecule has 0 bridgehead atoms. The summed E-state index contributed by atoms with van der Waals surface area (Å²) in [5.41, 5.74) is 0.342. The SMILES string of the molecule is CC1CCN(C2(C)CCN(c3cc(F)c(SNc4cccc(F)n4)c(F)c3Cl)C2)C1. The molecule has 0 saturated carbocycles. The van der Waals surface area contributed by atoms with Crippen LogP contribution in [0.25, 0.3) is 0 Å². The van der Waals surface area contributed by atoms with Crippen LogP contribution >= 0.6 is 23.5 Å². The van der Waals surface area contributed by atoms with Gasteiger partial charge in [-0.2, -0.15) is 4.39 Å². The van der Waals surface area contributed by atoms with Gasteiger partial charge >= 0.3 is 0 Å². The van der Waals surface area contributed by atoms with Gasteiger partial charge in [-0.3, -0.25) is 4.90 Å². The van der Waals surface area contributed by atoms with Crippen molar-refractivity contribution in [3.8, 4) is 0 Å². The Morgan fingerprint density at radius 1 is 1.27 bits per heavy atom. The van der Waals surface area contributed by atoms with Crippen LogP contribution in [-0.4, -0.2) is 41.6 Å². The molecule has 0 amide bonds. The van der Waals surface area contributed by atoms with Crippen molar-refractivity contribution in [1.82, 2.24) is 9.88 Å². The van der Waals surface area contributed by atoms with E-state index in [1.54, 1.807) is 0 Å². The third kappa shape index (κ3) is 4.22. The summed E-state index contributed by atoms with van der Waals surface area (Å²) in [7, 11) is 0. The maximum absolute atomic E-state index is 14.9. The normalized spacial score (nSPS) is 24.6. The molecule has 30 heavy (non-hydrogen) atoms. The van der Waals surface area contributed by atoms with E-state index in [0.29, 0.717) is 36.6 Å². The molecule has 2 saturated heterocycles. The highest BCUT2D eigenvalue weighted by Crippen LogP contribution is 2.41. The second-order valence-corrected chi connectivity index (χ2v) is 9.59. The van der Waals surface area contributed by atoms with Crippen molar-refractivity contribution >= 4 is 35.1 Å². The number of rotatable bonds is 5. The molecule has 2 aromatic rings. The summed E-state index contributed by atoms with van der Waals surface area (Å²) >= 11 is 7.00. The molecule has 4 nitrogen and oxygen atoms in total. The fourth-order valence-electron chi connectivity index (χ4n) is 4.29. The molecule has 1 aromatic carbocycles. The lowest BCUT2D eigenvalue weighted by Crippen LogP contribution is -2.47. The van der Waals surface area contributed by atoms with Crippen LogP contribution in [0, 0.1) is 23.5 Å². The Labute approximate surface area is 183 Å². The number of aromatic nitrogens is 1. The molecule has 2 aliphatic heterocycles. The van der Waals surface area contributed by atoms with Gasteiger partial charge in [0.25, 0.3) is 0 Å². The molecule has 2 fully saturated rings. The van der Waals surface area contributed by atoms with Gasteiger partial charge in [-0.25, -0.2) is 13.8 Å². The minimum atomic E-state index is -0.830. The number of pyridine rings is 1. The van der Waals surface area contributed by atoms with Crippen LogP contribution in [-0.2, 0) is 0 Å². The standard InChI is InChI=1S/C21H24ClF3N4S/c1-13-6-8-29(11-13)21(2)7-9-28(12-21)15-10-14(23)20(19(25)18(15)22)30-27-17-5-3-4-16(24)26-17/h3-5,10,13H,6-9,11-12H2,1-2H3,(H,26,27). The number of likely N-dealkylation sites (tertiary alicyclic amines) is 1. The fourth-order valence-corrected chi connectivity index (χ4v) is 5.29. The molecule has 2 atom stereocenters. The Bertz CT molecular complexity index is 947. The average Bonchev–Trinajstić information content (AvgIpc) is 3.32. The molecule has 0 radical (unpaired) electrons. The summed E-state index contributed by atoms with van der Waals surface area (Å²) in [5, 5.41) is -0.105. The molecule has 162 valence electrons. The van der Waals surface area contributed by atoms with Gasteiger partial charge in [-0.05, 0) is 56.3 Å². The summed E-state index contributed by atoms with van der Waals surface area (Å²) in [6.07, 6.45) is 2.10. The smallest absolute Gasteiger partial charge is 0.214 e. The second kappa shape index (κ2) is 8.48. The summed E-state index contributed by atoms with van der Waals surface area (Å²) in [5.74, 6) is -1.40. The molecule has 1 aromatic heterocycles. The van der Waals surface area contributed by atoms with Crippen LogP contribution in [0.4, 0.5) is 24.7 Å². The Kier molecular flexibility index (Phi) is 6.10. The van der Waals surface area contributed by atoms with Crippen molar-refractivity contribution in [2.75, 3.05) is 35.8 Å². The largest absolute Gasteiger partial charge is 0.368 e. The maximum atomic E-state index is 14.9. The van der Waals surface area contributed by atoms with E-state index in [4.69, 9.17) is 11.6 Å². The van der Waals surface area contributed by atoms with E-state index < -0.39 is 17.6 Å². The van der Waals surface area contributed by atoms with Gasteiger partial charge in [-0.15, -0.1) is 0 Å². The van der Waals surface area contributed by atoms with Crippen LogP contribution in [0.1, 0.15) is 26.7 Å². The average molecular weight is 457 g/mol. The molecule has 3 heterocycles. The molecular weight excluding hydrogens is 433 g/mol. The lowest BCUT2D eigenvalue weighted by atomic mass is 9.99. The topological polar surface area (TPSA) is 31.4 Å². The van der Waals surface area contributed by atoms with Crippen molar-refractivity contribution in [3.05, 3.63) is 46.9 Å². The quantitative estimate of drug-likeness (QED) is 0.360. The van der Waals surface area contributed by atoms with Gasteiger partial charge in [0.1, 0.15) is 21.6 Å². The first-order chi connectivity index (χ1) is 14.3. The molecule has 1 N–H and O–H groups in total. The third-order valence-electron chi connectivity index (χ3n) is 6.05. The van der Waals surface area contributed by atoms with E-state index in [1.165, 1.54) is 30.7 Å². The Balaban J connectivity index is 1.51. The van der Waals surface area contributed by atoms with E-state index in [1.807, 2.05) is 4.90 Å². The van der Waals surface area contributed by atoms with E-state index >= 15 is 0 Å². The molecular formula is C21H24ClF3N4S. The number of benzene rings is 1. The minimum Gasteiger partial charge on any atom is -0.368 e. The molecule has 0 spiro atoms. The number of halogens is 4.